The molecule has 1 aliphatic carbocycles. The number of nitriles is 1. The minimum atomic E-state index is 0.369. The maximum atomic E-state index is 12.2. The largest absolute Gasteiger partial charge is 0.454 e. The van der Waals surface area contributed by atoms with Crippen molar-refractivity contribution in [2.24, 2.45) is 5.92 Å². The van der Waals surface area contributed by atoms with Gasteiger partial charge >= 0.3 is 0 Å². The number of nitrogens with zero attached hydrogens (tertiary/aromatic N) is 6. The standard InChI is InChI=1S/C66H42N6O/c1-40-19-17-22-42(37-40)53-38-52(41-20-3-2-4-21-41)68-66(69-53)50-30-18-29-49-60-62(71-56-33-13-7-25-45(56)46-26-8-14-34-57(46)71)63(72-58-35-15-9-27-47(58)48-28-10-16-36-59(48)72)61(51(39-67)65(60)73-64(49)50)70-54-31-11-5-23-43(54)44-24-6-12-32-55(44)70/h2-36,38,40H,37H2,1H3. The van der Waals surface area contributed by atoms with Gasteiger partial charge in [0.05, 0.1) is 72.5 Å². The van der Waals surface area contributed by atoms with Gasteiger partial charge in [-0.1, -0.05) is 177 Å². The van der Waals surface area contributed by atoms with Crippen molar-refractivity contribution in [2.75, 3.05) is 0 Å². The second kappa shape index (κ2) is 15.9. The van der Waals surface area contributed by atoms with Crippen LogP contribution in [0.5, 0.6) is 0 Å². The number of benzene rings is 9. The first kappa shape index (κ1) is 41.1. The fourth-order valence-corrected chi connectivity index (χ4v) is 11.9. The van der Waals surface area contributed by atoms with Gasteiger partial charge in [-0.25, -0.2) is 9.97 Å². The second-order valence-electron chi connectivity index (χ2n) is 19.2. The molecule has 0 amide bonds. The number of allylic oxidation sites excluding steroid dienone is 4. The van der Waals surface area contributed by atoms with Crippen LogP contribution in [0.3, 0.4) is 0 Å². The highest BCUT2D eigenvalue weighted by atomic mass is 16.3. The van der Waals surface area contributed by atoms with E-state index in [0.29, 0.717) is 34.2 Å². The highest BCUT2D eigenvalue weighted by Gasteiger charge is 2.33. The molecule has 0 saturated carbocycles. The van der Waals surface area contributed by atoms with Crippen LogP contribution in [-0.2, 0) is 0 Å². The number of hydrogen-bond acceptors (Lipinski definition) is 4. The maximum absolute atomic E-state index is 12.2. The molecule has 1 unspecified atom stereocenters. The summed E-state index contributed by atoms with van der Waals surface area (Å²) < 4.78 is 14.6. The fraction of sp³-hybridized carbons (Fsp3) is 0.0455. The Morgan fingerprint density at radius 1 is 0.479 bits per heavy atom. The zero-order valence-corrected chi connectivity index (χ0v) is 39.7. The molecule has 1 aliphatic rings. The van der Waals surface area contributed by atoms with E-state index in [9.17, 15) is 5.26 Å². The lowest BCUT2D eigenvalue weighted by Gasteiger charge is -2.24. The molecule has 73 heavy (non-hydrogen) atoms. The zero-order chi connectivity index (χ0) is 48.3. The molecular weight excluding hydrogens is 893 g/mol. The van der Waals surface area contributed by atoms with Crippen molar-refractivity contribution in [1.82, 2.24) is 23.7 Å². The number of aromatic nitrogens is 5. The summed E-state index contributed by atoms with van der Waals surface area (Å²) in [5.41, 5.74) is 14.6. The lowest BCUT2D eigenvalue weighted by molar-refractivity contribution is 0.667. The minimum Gasteiger partial charge on any atom is -0.454 e. The van der Waals surface area contributed by atoms with Crippen molar-refractivity contribution in [1.29, 1.82) is 5.26 Å². The summed E-state index contributed by atoms with van der Waals surface area (Å²) in [6.07, 6.45) is 7.41. The lowest BCUT2D eigenvalue weighted by atomic mass is 9.93. The van der Waals surface area contributed by atoms with Gasteiger partial charge in [-0.3, -0.25) is 0 Å². The van der Waals surface area contributed by atoms with E-state index < -0.39 is 0 Å². The number of fused-ring (bicyclic) bond motifs is 12. The molecule has 0 spiro atoms. The first-order valence-electron chi connectivity index (χ1n) is 24.9. The van der Waals surface area contributed by atoms with Crippen molar-refractivity contribution in [3.8, 4) is 45.8 Å². The van der Waals surface area contributed by atoms with Gasteiger partial charge in [0.15, 0.2) is 11.4 Å². The number of rotatable bonds is 6. The Morgan fingerprint density at radius 3 is 1.44 bits per heavy atom. The van der Waals surface area contributed by atoms with Crippen molar-refractivity contribution < 1.29 is 4.42 Å². The van der Waals surface area contributed by atoms with E-state index in [1.54, 1.807) is 0 Å². The predicted octanol–water partition coefficient (Wildman–Crippen LogP) is 16.9. The second-order valence-corrected chi connectivity index (χ2v) is 19.2. The summed E-state index contributed by atoms with van der Waals surface area (Å²) in [5.74, 6) is 0.916. The lowest BCUT2D eigenvalue weighted by Crippen LogP contribution is -2.12. The molecule has 0 N–H and O–H groups in total. The molecule has 0 fully saturated rings. The van der Waals surface area contributed by atoms with Gasteiger partial charge in [0.1, 0.15) is 17.2 Å². The van der Waals surface area contributed by atoms with Gasteiger partial charge in [-0.05, 0) is 66.4 Å². The Hall–Kier alpha value is -9.77. The third-order valence-electron chi connectivity index (χ3n) is 15.0. The van der Waals surface area contributed by atoms with E-state index in [4.69, 9.17) is 14.4 Å². The Balaban J connectivity index is 1.19. The summed E-state index contributed by atoms with van der Waals surface area (Å²) in [6.45, 7) is 2.24. The topological polar surface area (TPSA) is 77.5 Å². The summed E-state index contributed by atoms with van der Waals surface area (Å²) in [5, 5.41) is 20.5. The zero-order valence-electron chi connectivity index (χ0n) is 39.7. The smallest absolute Gasteiger partial charge is 0.164 e. The average molecular weight is 935 g/mol. The van der Waals surface area contributed by atoms with E-state index in [1.807, 2.05) is 18.2 Å². The normalized spacial score (nSPS) is 13.9. The van der Waals surface area contributed by atoms with Gasteiger partial charge in [-0.2, -0.15) is 5.26 Å². The van der Waals surface area contributed by atoms with Gasteiger partial charge in [0.25, 0.3) is 0 Å². The molecule has 9 aromatic carbocycles. The van der Waals surface area contributed by atoms with E-state index in [0.717, 1.165) is 122 Å². The highest BCUT2D eigenvalue weighted by Crippen LogP contribution is 2.50. The molecule has 0 bridgehead atoms. The van der Waals surface area contributed by atoms with E-state index in [-0.39, 0.29) is 0 Å². The molecular formula is C66H42N6O. The van der Waals surface area contributed by atoms with Gasteiger partial charge in [-0.15, -0.1) is 0 Å². The minimum absolute atomic E-state index is 0.369. The summed E-state index contributed by atoms with van der Waals surface area (Å²) >= 11 is 0. The molecule has 14 aromatic rings. The van der Waals surface area contributed by atoms with Gasteiger partial charge in [0.2, 0.25) is 0 Å². The maximum Gasteiger partial charge on any atom is 0.164 e. The quantitative estimate of drug-likeness (QED) is 0.166. The van der Waals surface area contributed by atoms with Crippen LogP contribution in [0.15, 0.2) is 223 Å². The summed E-state index contributed by atoms with van der Waals surface area (Å²) in [7, 11) is 0. The monoisotopic (exact) mass is 934 g/mol. The third-order valence-corrected chi connectivity index (χ3v) is 15.0. The van der Waals surface area contributed by atoms with E-state index >= 15 is 0 Å². The molecule has 7 nitrogen and oxygen atoms in total. The average Bonchev–Trinajstić information content (AvgIpc) is 4.19. The van der Waals surface area contributed by atoms with Gasteiger partial charge < -0.3 is 18.1 Å². The van der Waals surface area contributed by atoms with Crippen LogP contribution in [0, 0.1) is 17.2 Å². The van der Waals surface area contributed by atoms with Crippen molar-refractivity contribution in [2.45, 2.75) is 13.3 Å². The SMILES string of the molecule is CC1C=CC=C(c2cc(-c3ccccc3)nc(-c3cccc4c3oc3c(C#N)c(-n5c6ccccc6c6ccccc65)c(-n5c6ccccc6c6ccccc65)c(-n5c6ccccc6c6ccccc65)c34)n2)C1. The van der Waals surface area contributed by atoms with E-state index in [2.05, 4.69) is 227 Å². The number of hydrogen-bond donors (Lipinski definition) is 0. The molecule has 0 radical (unpaired) electrons. The van der Waals surface area contributed by atoms with Crippen molar-refractivity contribution in [3.63, 3.8) is 0 Å². The molecule has 1 atom stereocenters. The predicted molar refractivity (Wildman–Crippen MR) is 299 cm³/mol. The molecule has 7 heteroatoms. The molecule has 0 aliphatic heterocycles. The Bertz CT molecular complexity index is 4580. The number of para-hydroxylation sites is 7. The first-order chi connectivity index (χ1) is 36.1. The van der Waals surface area contributed by atoms with Crippen molar-refractivity contribution in [3.05, 3.63) is 230 Å². The van der Waals surface area contributed by atoms with Crippen LogP contribution in [0.1, 0.15) is 24.6 Å². The fourth-order valence-electron chi connectivity index (χ4n) is 11.9. The van der Waals surface area contributed by atoms with E-state index in [1.165, 1.54) is 0 Å². The van der Waals surface area contributed by atoms with Crippen LogP contribution < -0.4 is 0 Å². The summed E-state index contributed by atoms with van der Waals surface area (Å²) in [4.78, 5) is 10.8. The molecule has 5 aromatic heterocycles. The van der Waals surface area contributed by atoms with Crippen molar-refractivity contribution >= 4 is 92.9 Å². The summed E-state index contributed by atoms with van der Waals surface area (Å²) in [6, 6.07) is 73.1. The Kier molecular flexibility index (Phi) is 8.93. The van der Waals surface area contributed by atoms with Crippen LogP contribution in [0.4, 0.5) is 0 Å². The number of furan rings is 1. The first-order valence-corrected chi connectivity index (χ1v) is 24.9. The molecule has 0 saturated heterocycles. The highest BCUT2D eigenvalue weighted by molar-refractivity contribution is 6.22. The molecule has 5 heterocycles. The Labute approximate surface area is 419 Å². The van der Waals surface area contributed by atoms with Crippen LogP contribution in [0.2, 0.25) is 0 Å². The third kappa shape index (κ3) is 5.98. The van der Waals surface area contributed by atoms with Gasteiger partial charge in [0, 0.05) is 43.3 Å². The van der Waals surface area contributed by atoms with Crippen LogP contribution in [0.25, 0.3) is 133 Å². The van der Waals surface area contributed by atoms with Crippen LogP contribution >= 0.6 is 0 Å². The Morgan fingerprint density at radius 2 is 0.932 bits per heavy atom. The van der Waals surface area contributed by atoms with Crippen LogP contribution in [-0.4, -0.2) is 23.7 Å². The molecule has 15 rings (SSSR count). The molecule has 342 valence electrons.